The normalized spacial score (nSPS) is 12.9. The van der Waals surface area contributed by atoms with Crippen molar-refractivity contribution < 1.29 is 9.18 Å². The second-order valence-corrected chi connectivity index (χ2v) is 7.18. The number of aromatic nitrogens is 3. The molecule has 0 fully saturated rings. The number of amides is 1. The number of halogens is 1. The highest BCUT2D eigenvalue weighted by Gasteiger charge is 2.27. The molecule has 7 heteroatoms. The number of anilines is 1. The van der Waals surface area contributed by atoms with Gasteiger partial charge in [0.05, 0.1) is 29.0 Å². The summed E-state index contributed by atoms with van der Waals surface area (Å²) in [6.07, 6.45) is 5.88. The Kier molecular flexibility index (Phi) is 4.87. The summed E-state index contributed by atoms with van der Waals surface area (Å²) in [6, 6.07) is 5.31. The number of nitrogens with one attached hydrogen (secondary N) is 1. The van der Waals surface area contributed by atoms with Crippen LogP contribution in [0.15, 0.2) is 36.8 Å². The van der Waals surface area contributed by atoms with Crippen molar-refractivity contribution in [2.75, 3.05) is 5.32 Å². The Morgan fingerprint density at radius 3 is 2.74 bits per heavy atom. The number of nitrogens with zero attached hydrogens (tertiary/aromatic N) is 3. The van der Waals surface area contributed by atoms with Gasteiger partial charge in [0.1, 0.15) is 5.67 Å². The average Bonchev–Trinajstić information content (AvgIpc) is 3.05. The van der Waals surface area contributed by atoms with Gasteiger partial charge in [-0.15, -0.1) is 0 Å². The maximum absolute atomic E-state index is 14.3. The smallest absolute Gasteiger partial charge is 0.252 e. The monoisotopic (exact) mass is 369 g/mol. The van der Waals surface area contributed by atoms with Crippen molar-refractivity contribution in [3.63, 3.8) is 0 Å². The van der Waals surface area contributed by atoms with Gasteiger partial charge in [0, 0.05) is 23.7 Å². The molecule has 1 unspecified atom stereocenters. The maximum Gasteiger partial charge on any atom is 0.252 e. The van der Waals surface area contributed by atoms with Crippen LogP contribution in [0.25, 0.3) is 16.6 Å². The summed E-state index contributed by atoms with van der Waals surface area (Å²) in [7, 11) is 0. The highest BCUT2D eigenvalue weighted by atomic mass is 19.1. The van der Waals surface area contributed by atoms with E-state index in [1.54, 1.807) is 17.6 Å². The fourth-order valence-electron chi connectivity index (χ4n) is 2.79. The SMILES string of the molecule is CCc1cc(-c2cc3c(NC(C)C(C)(C)F)c(C(N)=O)cnn3c2)ccn1. The van der Waals surface area contributed by atoms with E-state index in [1.165, 1.54) is 20.0 Å². The molecule has 0 radical (unpaired) electrons. The van der Waals surface area contributed by atoms with Crippen molar-refractivity contribution >= 4 is 17.1 Å². The molecule has 0 aliphatic heterocycles. The van der Waals surface area contributed by atoms with E-state index in [9.17, 15) is 9.18 Å². The quantitative estimate of drug-likeness (QED) is 0.695. The molecule has 6 nitrogen and oxygen atoms in total. The minimum Gasteiger partial charge on any atom is -0.377 e. The lowest BCUT2D eigenvalue weighted by atomic mass is 10.0. The largest absolute Gasteiger partial charge is 0.377 e. The molecule has 0 aromatic carbocycles. The molecule has 27 heavy (non-hydrogen) atoms. The van der Waals surface area contributed by atoms with Gasteiger partial charge in [-0.25, -0.2) is 8.91 Å². The van der Waals surface area contributed by atoms with Crippen LogP contribution in [-0.2, 0) is 6.42 Å². The Hall–Kier alpha value is -2.96. The number of pyridine rings is 1. The van der Waals surface area contributed by atoms with Crippen molar-refractivity contribution in [3.8, 4) is 11.1 Å². The molecule has 0 aliphatic carbocycles. The minimum atomic E-state index is -1.48. The highest BCUT2D eigenvalue weighted by molar-refractivity contribution is 6.02. The van der Waals surface area contributed by atoms with Crippen LogP contribution in [0.1, 0.15) is 43.7 Å². The molecule has 142 valence electrons. The molecule has 3 rings (SSSR count). The van der Waals surface area contributed by atoms with Crippen LogP contribution in [0.4, 0.5) is 10.1 Å². The third-order valence-electron chi connectivity index (χ3n) is 4.81. The van der Waals surface area contributed by atoms with E-state index in [2.05, 4.69) is 15.4 Å². The van der Waals surface area contributed by atoms with Crippen LogP contribution in [0.2, 0.25) is 0 Å². The molecule has 0 saturated carbocycles. The van der Waals surface area contributed by atoms with E-state index in [1.807, 2.05) is 31.3 Å². The summed E-state index contributed by atoms with van der Waals surface area (Å²) in [5.74, 6) is -0.615. The van der Waals surface area contributed by atoms with Gasteiger partial charge >= 0.3 is 0 Å². The Bertz CT molecular complexity index is 990. The topological polar surface area (TPSA) is 85.3 Å². The summed E-state index contributed by atoms with van der Waals surface area (Å²) in [5.41, 5.74) is 8.31. The molecular weight excluding hydrogens is 345 g/mol. The Balaban J connectivity index is 2.15. The van der Waals surface area contributed by atoms with E-state index in [0.29, 0.717) is 11.2 Å². The standard InChI is InChI=1S/C20H24FN5O/c1-5-15-8-13(6-7-23-15)14-9-17-18(25-12(2)20(3,4)21)16(19(22)27)10-24-26(17)11-14/h6-12,25H,5H2,1-4H3,(H2,22,27). The molecule has 3 heterocycles. The summed E-state index contributed by atoms with van der Waals surface area (Å²) in [4.78, 5) is 16.2. The van der Waals surface area contributed by atoms with Crippen LogP contribution in [0.5, 0.6) is 0 Å². The molecule has 3 aromatic heterocycles. The molecule has 0 bridgehead atoms. The summed E-state index contributed by atoms with van der Waals surface area (Å²) >= 11 is 0. The van der Waals surface area contributed by atoms with Crippen LogP contribution >= 0.6 is 0 Å². The van der Waals surface area contributed by atoms with Gasteiger partial charge in [-0.05, 0) is 51.0 Å². The van der Waals surface area contributed by atoms with Gasteiger partial charge in [-0.3, -0.25) is 9.78 Å². The highest BCUT2D eigenvalue weighted by Crippen LogP contribution is 2.30. The van der Waals surface area contributed by atoms with E-state index in [0.717, 1.165) is 23.2 Å². The lowest BCUT2D eigenvalue weighted by Gasteiger charge is -2.26. The van der Waals surface area contributed by atoms with Crippen LogP contribution < -0.4 is 11.1 Å². The zero-order chi connectivity index (χ0) is 19.8. The Morgan fingerprint density at radius 2 is 2.11 bits per heavy atom. The number of hydrogen-bond acceptors (Lipinski definition) is 4. The second-order valence-electron chi connectivity index (χ2n) is 7.18. The fourth-order valence-corrected chi connectivity index (χ4v) is 2.79. The number of aryl methyl sites for hydroxylation is 1. The van der Waals surface area contributed by atoms with Crippen molar-refractivity contribution in [2.45, 2.75) is 45.8 Å². The first-order valence-electron chi connectivity index (χ1n) is 8.92. The van der Waals surface area contributed by atoms with Crippen molar-refractivity contribution in [1.29, 1.82) is 0 Å². The number of carbonyl (C=O) groups is 1. The average molecular weight is 369 g/mol. The minimum absolute atomic E-state index is 0.229. The lowest BCUT2D eigenvalue weighted by molar-refractivity contribution is 0.1000. The molecule has 3 N–H and O–H groups in total. The van der Waals surface area contributed by atoms with Crippen molar-refractivity contribution in [1.82, 2.24) is 14.6 Å². The molecule has 3 aromatic rings. The van der Waals surface area contributed by atoms with Gasteiger partial charge < -0.3 is 11.1 Å². The number of nitrogens with two attached hydrogens (primary N) is 1. The van der Waals surface area contributed by atoms with Crippen molar-refractivity contribution in [3.05, 3.63) is 48.0 Å². The number of primary amides is 1. The zero-order valence-corrected chi connectivity index (χ0v) is 16.0. The predicted octanol–water partition coefficient (Wildman–Crippen LogP) is 3.61. The van der Waals surface area contributed by atoms with Gasteiger partial charge in [-0.2, -0.15) is 5.10 Å². The first kappa shape index (κ1) is 18.8. The molecule has 1 atom stereocenters. The first-order valence-corrected chi connectivity index (χ1v) is 8.92. The van der Waals surface area contributed by atoms with Crippen LogP contribution in [0.3, 0.4) is 0 Å². The van der Waals surface area contributed by atoms with E-state index < -0.39 is 17.6 Å². The molecule has 0 saturated heterocycles. The van der Waals surface area contributed by atoms with Gasteiger partial charge in [0.15, 0.2) is 0 Å². The molecule has 0 spiro atoms. The third kappa shape index (κ3) is 3.77. The van der Waals surface area contributed by atoms with E-state index >= 15 is 0 Å². The number of rotatable bonds is 6. The predicted molar refractivity (Wildman–Crippen MR) is 105 cm³/mol. The number of hydrogen-bond donors (Lipinski definition) is 2. The van der Waals surface area contributed by atoms with Crippen LogP contribution in [-0.4, -0.2) is 32.2 Å². The summed E-state index contributed by atoms with van der Waals surface area (Å²) in [5, 5.41) is 7.40. The van der Waals surface area contributed by atoms with Crippen LogP contribution in [0, 0.1) is 0 Å². The van der Waals surface area contributed by atoms with E-state index in [4.69, 9.17) is 5.73 Å². The summed E-state index contributed by atoms with van der Waals surface area (Å²) < 4.78 is 16.0. The van der Waals surface area contributed by atoms with Gasteiger partial charge in [-0.1, -0.05) is 6.92 Å². The van der Waals surface area contributed by atoms with E-state index in [-0.39, 0.29) is 5.56 Å². The number of alkyl halides is 1. The zero-order valence-electron chi connectivity index (χ0n) is 16.0. The Morgan fingerprint density at radius 1 is 1.37 bits per heavy atom. The number of carbonyl (C=O) groups excluding carboxylic acids is 1. The number of fused-ring (bicyclic) bond motifs is 1. The Labute approximate surface area is 157 Å². The van der Waals surface area contributed by atoms with Crippen molar-refractivity contribution in [2.24, 2.45) is 5.73 Å². The third-order valence-corrected chi connectivity index (χ3v) is 4.81. The maximum atomic E-state index is 14.3. The van der Waals surface area contributed by atoms with Gasteiger partial charge in [0.25, 0.3) is 5.91 Å². The van der Waals surface area contributed by atoms with Gasteiger partial charge in [0.2, 0.25) is 0 Å². The lowest BCUT2D eigenvalue weighted by Crippen LogP contribution is -2.36. The molecular formula is C20H24FN5O. The summed E-state index contributed by atoms with van der Waals surface area (Å²) in [6.45, 7) is 6.74. The molecule has 0 aliphatic rings. The molecule has 1 amide bonds. The second kappa shape index (κ2) is 6.98. The fraction of sp³-hybridized carbons (Fsp3) is 0.350. The first-order chi connectivity index (χ1) is 12.7.